The predicted molar refractivity (Wildman–Crippen MR) is 56.7 cm³/mol. The van der Waals surface area contributed by atoms with Gasteiger partial charge in [0.15, 0.2) is 0 Å². The molecule has 13 heavy (non-hydrogen) atoms. The number of halogens is 1. The second-order valence-corrected chi connectivity index (χ2v) is 3.25. The Morgan fingerprint density at radius 1 is 1.31 bits per heavy atom. The summed E-state index contributed by atoms with van der Waals surface area (Å²) in [6.45, 7) is 0. The molecule has 3 heteroatoms. The van der Waals surface area contributed by atoms with E-state index < -0.39 is 0 Å². The van der Waals surface area contributed by atoms with Crippen LogP contribution in [0.15, 0.2) is 28.9 Å². The zero-order chi connectivity index (χ0) is 9.68. The van der Waals surface area contributed by atoms with Crippen molar-refractivity contribution in [3.8, 4) is 5.75 Å². The minimum absolute atomic E-state index is 0.822. The van der Waals surface area contributed by atoms with Gasteiger partial charge < -0.3 is 9.47 Å². The fraction of sp³-hybridized carbons (Fsp3) is 0.200. The van der Waals surface area contributed by atoms with Crippen molar-refractivity contribution < 1.29 is 9.47 Å². The summed E-state index contributed by atoms with van der Waals surface area (Å²) in [5.41, 5.74) is 0.979. The Morgan fingerprint density at radius 2 is 2.08 bits per heavy atom. The summed E-state index contributed by atoms with van der Waals surface area (Å²) in [6.07, 6.45) is 3.46. The van der Waals surface area contributed by atoms with Crippen LogP contribution in [-0.2, 0) is 4.74 Å². The molecule has 0 atom stereocenters. The average Bonchev–Trinajstić information content (AvgIpc) is 2.15. The first-order valence-corrected chi connectivity index (χ1v) is 4.60. The number of hydrogen-bond donors (Lipinski definition) is 0. The van der Waals surface area contributed by atoms with E-state index in [9.17, 15) is 0 Å². The summed E-state index contributed by atoms with van der Waals surface area (Å²) in [7, 11) is 3.26. The van der Waals surface area contributed by atoms with Gasteiger partial charge in [0.25, 0.3) is 0 Å². The molecule has 0 fully saturated rings. The normalized spacial score (nSPS) is 10.4. The molecule has 0 amide bonds. The standard InChI is InChI=1S/C10H11BrO2/c1-12-7-6-8-9(11)4-3-5-10(8)13-2/h3-7H,1-2H3/b7-6+. The molecule has 0 N–H and O–H groups in total. The highest BCUT2D eigenvalue weighted by atomic mass is 79.9. The number of methoxy groups -OCH3 is 2. The second-order valence-electron chi connectivity index (χ2n) is 2.39. The van der Waals surface area contributed by atoms with Gasteiger partial charge in [-0.15, -0.1) is 0 Å². The van der Waals surface area contributed by atoms with E-state index in [1.807, 2.05) is 24.3 Å². The number of hydrogen-bond acceptors (Lipinski definition) is 2. The topological polar surface area (TPSA) is 18.5 Å². The molecule has 0 saturated heterocycles. The quantitative estimate of drug-likeness (QED) is 0.759. The molecule has 0 saturated carbocycles. The summed E-state index contributed by atoms with van der Waals surface area (Å²) in [5, 5.41) is 0. The lowest BCUT2D eigenvalue weighted by Crippen LogP contribution is -1.87. The van der Waals surface area contributed by atoms with Gasteiger partial charge in [0, 0.05) is 10.0 Å². The third kappa shape index (κ3) is 2.49. The highest BCUT2D eigenvalue weighted by Crippen LogP contribution is 2.27. The van der Waals surface area contributed by atoms with Crippen molar-refractivity contribution in [2.45, 2.75) is 0 Å². The summed E-state index contributed by atoms with van der Waals surface area (Å²) in [4.78, 5) is 0. The van der Waals surface area contributed by atoms with Gasteiger partial charge in [0.05, 0.1) is 20.5 Å². The minimum Gasteiger partial charge on any atom is -0.504 e. The van der Waals surface area contributed by atoms with E-state index in [0.29, 0.717) is 0 Å². The van der Waals surface area contributed by atoms with Gasteiger partial charge in [-0.3, -0.25) is 0 Å². The molecular weight excluding hydrogens is 232 g/mol. The Hall–Kier alpha value is -0.960. The van der Waals surface area contributed by atoms with Crippen molar-refractivity contribution in [1.29, 1.82) is 0 Å². The van der Waals surface area contributed by atoms with Crippen molar-refractivity contribution >= 4 is 22.0 Å². The molecule has 1 rings (SSSR count). The summed E-state index contributed by atoms with van der Waals surface area (Å²) >= 11 is 3.43. The van der Waals surface area contributed by atoms with Gasteiger partial charge >= 0.3 is 0 Å². The Morgan fingerprint density at radius 3 is 2.69 bits per heavy atom. The Bertz CT molecular complexity index is 308. The first-order chi connectivity index (χ1) is 6.29. The average molecular weight is 243 g/mol. The van der Waals surface area contributed by atoms with E-state index in [0.717, 1.165) is 15.8 Å². The predicted octanol–water partition coefficient (Wildman–Crippen LogP) is 3.07. The highest BCUT2D eigenvalue weighted by molar-refractivity contribution is 9.10. The molecular formula is C10H11BrO2. The van der Waals surface area contributed by atoms with Crippen LogP contribution < -0.4 is 4.74 Å². The molecule has 0 unspecified atom stereocenters. The van der Waals surface area contributed by atoms with Crippen LogP contribution in [0, 0.1) is 0 Å². The van der Waals surface area contributed by atoms with Crippen LogP contribution in [0.5, 0.6) is 5.75 Å². The fourth-order valence-electron chi connectivity index (χ4n) is 0.993. The van der Waals surface area contributed by atoms with Gasteiger partial charge in [-0.25, -0.2) is 0 Å². The molecule has 0 aliphatic heterocycles. The van der Waals surface area contributed by atoms with E-state index in [2.05, 4.69) is 15.9 Å². The zero-order valence-electron chi connectivity index (χ0n) is 7.58. The Kier molecular flexibility index (Phi) is 3.83. The molecule has 0 aliphatic rings. The number of benzene rings is 1. The van der Waals surface area contributed by atoms with Crippen LogP contribution in [0.3, 0.4) is 0 Å². The first-order valence-electron chi connectivity index (χ1n) is 3.81. The molecule has 0 heterocycles. The van der Waals surface area contributed by atoms with E-state index in [1.165, 1.54) is 0 Å². The van der Waals surface area contributed by atoms with E-state index in [-0.39, 0.29) is 0 Å². The molecule has 0 bridgehead atoms. The van der Waals surface area contributed by atoms with Crippen LogP contribution in [0.4, 0.5) is 0 Å². The van der Waals surface area contributed by atoms with Gasteiger partial charge in [-0.05, 0) is 18.2 Å². The summed E-state index contributed by atoms with van der Waals surface area (Å²) < 4.78 is 11.0. The van der Waals surface area contributed by atoms with Crippen molar-refractivity contribution in [1.82, 2.24) is 0 Å². The molecule has 1 aromatic rings. The molecule has 0 radical (unpaired) electrons. The number of rotatable bonds is 3. The van der Waals surface area contributed by atoms with Crippen LogP contribution in [0.2, 0.25) is 0 Å². The second kappa shape index (κ2) is 4.92. The van der Waals surface area contributed by atoms with Gasteiger partial charge in [-0.2, -0.15) is 0 Å². The molecule has 1 aromatic carbocycles. The molecule has 0 aromatic heterocycles. The van der Waals surface area contributed by atoms with E-state index >= 15 is 0 Å². The van der Waals surface area contributed by atoms with Crippen molar-refractivity contribution in [2.75, 3.05) is 14.2 Å². The first kappa shape index (κ1) is 10.1. The maximum absolute atomic E-state index is 5.19. The van der Waals surface area contributed by atoms with Crippen LogP contribution in [0.1, 0.15) is 5.56 Å². The highest BCUT2D eigenvalue weighted by Gasteiger charge is 2.02. The SMILES string of the molecule is CO/C=C/c1c(Br)cccc1OC. The Labute approximate surface area is 86.3 Å². The van der Waals surface area contributed by atoms with Gasteiger partial charge in [0.1, 0.15) is 5.75 Å². The molecule has 2 nitrogen and oxygen atoms in total. The lowest BCUT2D eigenvalue weighted by molar-refractivity contribution is 0.341. The van der Waals surface area contributed by atoms with Gasteiger partial charge in [0.2, 0.25) is 0 Å². The molecule has 0 spiro atoms. The monoisotopic (exact) mass is 242 g/mol. The smallest absolute Gasteiger partial charge is 0.127 e. The lowest BCUT2D eigenvalue weighted by Gasteiger charge is -2.05. The van der Waals surface area contributed by atoms with E-state index in [1.54, 1.807) is 20.5 Å². The fourth-order valence-corrected chi connectivity index (χ4v) is 1.47. The van der Waals surface area contributed by atoms with Crippen LogP contribution in [0.25, 0.3) is 6.08 Å². The molecule has 0 aliphatic carbocycles. The minimum atomic E-state index is 0.822. The Balaban J connectivity index is 3.07. The van der Waals surface area contributed by atoms with Crippen LogP contribution in [-0.4, -0.2) is 14.2 Å². The van der Waals surface area contributed by atoms with E-state index in [4.69, 9.17) is 9.47 Å². The van der Waals surface area contributed by atoms with Gasteiger partial charge in [-0.1, -0.05) is 22.0 Å². The maximum Gasteiger partial charge on any atom is 0.127 e. The summed E-state index contributed by atoms with van der Waals surface area (Å²) in [6, 6.07) is 5.78. The third-order valence-corrected chi connectivity index (χ3v) is 2.30. The number of ether oxygens (including phenoxy) is 2. The van der Waals surface area contributed by atoms with Crippen molar-refractivity contribution in [2.24, 2.45) is 0 Å². The van der Waals surface area contributed by atoms with Crippen LogP contribution >= 0.6 is 15.9 Å². The summed E-state index contributed by atoms with van der Waals surface area (Å²) in [5.74, 6) is 0.822. The lowest BCUT2D eigenvalue weighted by atomic mass is 10.2. The van der Waals surface area contributed by atoms with Crippen molar-refractivity contribution in [3.05, 3.63) is 34.5 Å². The van der Waals surface area contributed by atoms with Crippen molar-refractivity contribution in [3.63, 3.8) is 0 Å². The maximum atomic E-state index is 5.19. The molecule has 70 valence electrons. The third-order valence-electron chi connectivity index (χ3n) is 1.60. The largest absolute Gasteiger partial charge is 0.504 e. The zero-order valence-corrected chi connectivity index (χ0v) is 9.17.